The summed E-state index contributed by atoms with van der Waals surface area (Å²) < 4.78 is 0.801. The molecule has 2 aliphatic rings. The lowest BCUT2D eigenvalue weighted by molar-refractivity contribution is -0.122. The summed E-state index contributed by atoms with van der Waals surface area (Å²) in [6, 6.07) is 7.03. The molecule has 0 N–H and O–H groups in total. The molecule has 0 saturated carbocycles. The van der Waals surface area contributed by atoms with Crippen molar-refractivity contribution in [2.75, 3.05) is 4.90 Å². The van der Waals surface area contributed by atoms with Crippen molar-refractivity contribution in [2.45, 2.75) is 23.9 Å². The highest BCUT2D eigenvalue weighted by atomic mass is 79.9. The van der Waals surface area contributed by atoms with Crippen LogP contribution in [0, 0.1) is 0 Å². The first-order valence-electron chi connectivity index (χ1n) is 5.71. The zero-order valence-corrected chi connectivity index (χ0v) is 12.1. The highest BCUT2D eigenvalue weighted by molar-refractivity contribution is 9.10. The van der Waals surface area contributed by atoms with Gasteiger partial charge in [-0.1, -0.05) is 33.6 Å². The van der Waals surface area contributed by atoms with E-state index in [1.807, 2.05) is 6.07 Å². The van der Waals surface area contributed by atoms with E-state index in [2.05, 4.69) is 26.2 Å². The lowest BCUT2D eigenvalue weighted by Gasteiger charge is -2.18. The van der Waals surface area contributed by atoms with Gasteiger partial charge >= 0.3 is 0 Å². The topological polar surface area (TPSA) is 62.1 Å². The van der Waals surface area contributed by atoms with E-state index in [1.165, 1.54) is 4.90 Å². The van der Waals surface area contributed by atoms with Gasteiger partial charge in [-0.3, -0.25) is 9.59 Å². The van der Waals surface area contributed by atoms with Crippen LogP contribution in [0.15, 0.2) is 39.0 Å². The fourth-order valence-electron chi connectivity index (χ4n) is 2.37. The summed E-state index contributed by atoms with van der Waals surface area (Å²) in [7, 11) is 0. The zero-order valence-electron chi connectivity index (χ0n) is 9.72. The molecule has 0 aliphatic carbocycles. The molecular formula is C12H9BrClN3O2. The average Bonchev–Trinajstić information content (AvgIpc) is 2.82. The molecule has 2 atom stereocenters. The summed E-state index contributed by atoms with van der Waals surface area (Å²) in [6.07, 6.45) is 0.314. The van der Waals surface area contributed by atoms with E-state index in [4.69, 9.17) is 11.6 Å². The quantitative estimate of drug-likeness (QED) is 0.447. The molecule has 2 aliphatic heterocycles. The second kappa shape index (κ2) is 4.38. The van der Waals surface area contributed by atoms with Crippen molar-refractivity contribution in [3.63, 3.8) is 0 Å². The van der Waals surface area contributed by atoms with Crippen molar-refractivity contribution < 1.29 is 9.59 Å². The summed E-state index contributed by atoms with van der Waals surface area (Å²) in [5.74, 6) is -0.615. The third-order valence-corrected chi connectivity index (χ3v) is 3.98. The van der Waals surface area contributed by atoms with Crippen molar-refractivity contribution in [1.29, 1.82) is 0 Å². The van der Waals surface area contributed by atoms with Crippen LogP contribution in [0.4, 0.5) is 5.69 Å². The Bertz CT molecular complexity index is 606. The second-order valence-corrected chi connectivity index (χ2v) is 6.00. The van der Waals surface area contributed by atoms with Gasteiger partial charge in [-0.15, -0.1) is 0 Å². The molecule has 5 nitrogen and oxygen atoms in total. The van der Waals surface area contributed by atoms with Crippen molar-refractivity contribution in [3.05, 3.63) is 28.7 Å². The van der Waals surface area contributed by atoms with Crippen LogP contribution in [0.3, 0.4) is 0 Å². The number of halogens is 2. The standard InChI is InChI=1S/C12H9BrClN3O2/c13-7-2-1-3-8(4-7)17-10(18)6-12(11(17)19)5-9(14)15-16-12/h1-4,9H,5-6H2/t9-,12+/m1/s1. The number of rotatable bonds is 1. The van der Waals surface area contributed by atoms with Gasteiger partial charge in [0.2, 0.25) is 5.91 Å². The minimum atomic E-state index is -1.09. The van der Waals surface area contributed by atoms with Crippen LogP contribution in [0.25, 0.3) is 0 Å². The lowest BCUT2D eigenvalue weighted by atomic mass is 9.95. The van der Waals surface area contributed by atoms with Crippen molar-refractivity contribution in [3.8, 4) is 0 Å². The van der Waals surface area contributed by atoms with E-state index < -0.39 is 11.0 Å². The van der Waals surface area contributed by atoms with Gasteiger partial charge in [0.1, 0.15) is 5.50 Å². The fourth-order valence-corrected chi connectivity index (χ4v) is 3.06. The number of imide groups is 1. The third-order valence-electron chi connectivity index (χ3n) is 3.24. The highest BCUT2D eigenvalue weighted by Gasteiger charge is 2.56. The maximum atomic E-state index is 12.5. The molecule has 19 heavy (non-hydrogen) atoms. The molecular weight excluding hydrogens is 334 g/mol. The van der Waals surface area contributed by atoms with Gasteiger partial charge in [0.15, 0.2) is 5.54 Å². The molecule has 1 aromatic rings. The van der Waals surface area contributed by atoms with Crippen LogP contribution < -0.4 is 4.90 Å². The molecule has 0 aromatic heterocycles. The molecule has 7 heteroatoms. The van der Waals surface area contributed by atoms with E-state index in [-0.39, 0.29) is 24.7 Å². The number of anilines is 1. The van der Waals surface area contributed by atoms with Gasteiger partial charge < -0.3 is 0 Å². The number of nitrogens with zero attached hydrogens (tertiary/aromatic N) is 3. The fraction of sp³-hybridized carbons (Fsp3) is 0.333. The summed E-state index contributed by atoms with van der Waals surface area (Å²) >= 11 is 9.19. The predicted octanol–water partition coefficient (Wildman–Crippen LogP) is 2.87. The first kappa shape index (κ1) is 12.7. The monoisotopic (exact) mass is 341 g/mol. The molecule has 1 spiro atoms. The molecule has 0 bridgehead atoms. The Kier molecular flexibility index (Phi) is 2.94. The molecule has 3 rings (SSSR count). The van der Waals surface area contributed by atoms with Gasteiger partial charge in [-0.25, -0.2) is 4.90 Å². The summed E-state index contributed by atoms with van der Waals surface area (Å²) in [6.45, 7) is 0. The van der Waals surface area contributed by atoms with Crippen molar-refractivity contribution >= 4 is 45.0 Å². The van der Waals surface area contributed by atoms with Crippen molar-refractivity contribution in [1.82, 2.24) is 0 Å². The van der Waals surface area contributed by atoms with E-state index in [0.717, 1.165) is 4.47 Å². The predicted molar refractivity (Wildman–Crippen MR) is 73.1 cm³/mol. The number of amides is 2. The minimum Gasteiger partial charge on any atom is -0.274 e. The lowest BCUT2D eigenvalue weighted by Crippen LogP contribution is -2.38. The van der Waals surface area contributed by atoms with Crippen LogP contribution >= 0.6 is 27.5 Å². The van der Waals surface area contributed by atoms with Crippen LogP contribution in [0.2, 0.25) is 0 Å². The normalized spacial score (nSPS) is 29.8. The van der Waals surface area contributed by atoms with Gasteiger partial charge in [-0.2, -0.15) is 10.2 Å². The van der Waals surface area contributed by atoms with E-state index in [1.54, 1.807) is 18.2 Å². The molecule has 98 valence electrons. The zero-order chi connectivity index (χ0) is 13.6. The smallest absolute Gasteiger partial charge is 0.264 e. The number of benzene rings is 1. The van der Waals surface area contributed by atoms with Crippen LogP contribution in [0.1, 0.15) is 12.8 Å². The summed E-state index contributed by atoms with van der Waals surface area (Å²) in [4.78, 5) is 25.7. The Morgan fingerprint density at radius 1 is 1.42 bits per heavy atom. The van der Waals surface area contributed by atoms with Crippen molar-refractivity contribution in [2.24, 2.45) is 10.2 Å². The molecule has 1 aromatic carbocycles. The van der Waals surface area contributed by atoms with Gasteiger partial charge in [0.05, 0.1) is 12.1 Å². The number of carbonyl (C=O) groups is 2. The number of alkyl halides is 1. The minimum absolute atomic E-state index is 0.0328. The Balaban J connectivity index is 1.99. The first-order valence-corrected chi connectivity index (χ1v) is 6.94. The van der Waals surface area contributed by atoms with Gasteiger partial charge in [-0.05, 0) is 18.2 Å². The van der Waals surface area contributed by atoms with Crippen LogP contribution in [-0.2, 0) is 9.59 Å². The number of hydrogen-bond acceptors (Lipinski definition) is 4. The highest BCUT2D eigenvalue weighted by Crippen LogP contribution is 2.41. The summed E-state index contributed by atoms with van der Waals surface area (Å²) in [5, 5.41) is 7.73. The van der Waals surface area contributed by atoms with E-state index in [0.29, 0.717) is 5.69 Å². The Morgan fingerprint density at radius 2 is 2.21 bits per heavy atom. The number of azo groups is 1. The molecule has 0 unspecified atom stereocenters. The maximum absolute atomic E-state index is 12.5. The summed E-state index contributed by atoms with van der Waals surface area (Å²) in [5.41, 5.74) is -1.08. The van der Waals surface area contributed by atoms with Gasteiger partial charge in [0.25, 0.3) is 5.91 Å². The second-order valence-electron chi connectivity index (χ2n) is 4.58. The van der Waals surface area contributed by atoms with Gasteiger partial charge in [0, 0.05) is 10.9 Å². The number of carbonyl (C=O) groups excluding carboxylic acids is 2. The van der Waals surface area contributed by atoms with E-state index in [9.17, 15) is 9.59 Å². The maximum Gasteiger partial charge on any atom is 0.264 e. The SMILES string of the molecule is O=C1C[C@@]2(C[C@H](Cl)N=N2)C(=O)N1c1cccc(Br)c1. The molecule has 2 amide bonds. The molecule has 2 heterocycles. The Hall–Kier alpha value is -1.27. The van der Waals surface area contributed by atoms with Crippen LogP contribution in [-0.4, -0.2) is 22.9 Å². The van der Waals surface area contributed by atoms with E-state index >= 15 is 0 Å². The first-order chi connectivity index (χ1) is 9.02. The number of hydrogen-bond donors (Lipinski definition) is 0. The molecule has 0 radical (unpaired) electrons. The third kappa shape index (κ3) is 1.99. The molecule has 1 fully saturated rings. The van der Waals surface area contributed by atoms with Crippen LogP contribution in [0.5, 0.6) is 0 Å². The largest absolute Gasteiger partial charge is 0.274 e. The Labute approximate surface area is 122 Å². The average molecular weight is 343 g/mol. The Morgan fingerprint density at radius 3 is 2.84 bits per heavy atom. The molecule has 1 saturated heterocycles.